The summed E-state index contributed by atoms with van der Waals surface area (Å²) in [6, 6.07) is 6.95. The monoisotopic (exact) mass is 287 g/mol. The van der Waals surface area contributed by atoms with Crippen molar-refractivity contribution in [1.82, 2.24) is 0 Å². The molecule has 0 atom stereocenters. The summed E-state index contributed by atoms with van der Waals surface area (Å²) in [5, 5.41) is 2.25. The van der Waals surface area contributed by atoms with Gasteiger partial charge in [-0.3, -0.25) is 0 Å². The van der Waals surface area contributed by atoms with E-state index in [4.69, 9.17) is 0 Å². The second kappa shape index (κ2) is 5.48. The molecule has 0 aromatic heterocycles. The van der Waals surface area contributed by atoms with Crippen LogP contribution in [0.15, 0.2) is 24.3 Å². The Morgan fingerprint density at radius 1 is 0.800 bits per heavy atom. The highest BCUT2D eigenvalue weighted by Crippen LogP contribution is 2.27. The van der Waals surface area contributed by atoms with Crippen molar-refractivity contribution in [2.45, 2.75) is 13.5 Å². The first-order valence-corrected chi connectivity index (χ1v) is 5.73. The Kier molecular flexibility index (Phi) is 3.92. The lowest BCUT2D eigenvalue weighted by Gasteiger charge is -2.12. The summed E-state index contributed by atoms with van der Waals surface area (Å²) in [6.45, 7) is 1.72. The Labute approximate surface area is 112 Å². The van der Waals surface area contributed by atoms with E-state index in [1.54, 1.807) is 31.2 Å². The van der Waals surface area contributed by atoms with Crippen molar-refractivity contribution in [2.75, 3.05) is 5.32 Å². The van der Waals surface area contributed by atoms with Gasteiger partial charge in [0.05, 0.1) is 0 Å². The highest BCUT2D eigenvalue weighted by atomic mass is 19.2. The third kappa shape index (κ3) is 2.45. The number of rotatable bonds is 3. The van der Waals surface area contributed by atoms with E-state index in [1.807, 2.05) is 0 Å². The molecule has 0 amide bonds. The molecule has 2 aromatic carbocycles. The Balaban J connectivity index is 2.33. The standard InChI is InChI=1S/C14H10F5N/c1-7-4-2-3-5-8(7)6-20-14-12(18)10(16)9(15)11(17)13(14)19/h2-5,20H,6H2,1H3. The number of hydrogen-bond acceptors (Lipinski definition) is 1. The molecule has 0 heterocycles. The van der Waals surface area contributed by atoms with E-state index < -0.39 is 34.8 Å². The minimum absolute atomic E-state index is 0.0506. The van der Waals surface area contributed by atoms with E-state index in [0.29, 0.717) is 5.56 Å². The Morgan fingerprint density at radius 2 is 1.30 bits per heavy atom. The van der Waals surface area contributed by atoms with Crippen LogP contribution in [0.3, 0.4) is 0 Å². The maximum Gasteiger partial charge on any atom is 0.200 e. The highest BCUT2D eigenvalue weighted by Gasteiger charge is 2.25. The molecule has 1 nitrogen and oxygen atoms in total. The average Bonchev–Trinajstić information content (AvgIpc) is 2.45. The molecule has 0 aliphatic heterocycles. The van der Waals surface area contributed by atoms with Crippen LogP contribution in [0.1, 0.15) is 11.1 Å². The van der Waals surface area contributed by atoms with Gasteiger partial charge in [0.1, 0.15) is 5.69 Å². The number of benzene rings is 2. The van der Waals surface area contributed by atoms with Crippen molar-refractivity contribution >= 4 is 5.69 Å². The molecule has 0 radical (unpaired) electrons. The predicted octanol–water partition coefficient (Wildman–Crippen LogP) is 4.30. The molecule has 0 spiro atoms. The van der Waals surface area contributed by atoms with E-state index in [1.165, 1.54) is 0 Å². The quantitative estimate of drug-likeness (QED) is 0.504. The molecular formula is C14H10F5N. The van der Waals surface area contributed by atoms with Crippen LogP contribution in [0.4, 0.5) is 27.6 Å². The zero-order chi connectivity index (χ0) is 14.9. The van der Waals surface area contributed by atoms with Crippen LogP contribution in [0.2, 0.25) is 0 Å². The Hall–Kier alpha value is -2.11. The van der Waals surface area contributed by atoms with Gasteiger partial charge in [0.2, 0.25) is 5.82 Å². The average molecular weight is 287 g/mol. The summed E-state index contributed by atoms with van der Waals surface area (Å²) in [5.41, 5.74) is 0.505. The topological polar surface area (TPSA) is 12.0 Å². The molecule has 0 bridgehead atoms. The van der Waals surface area contributed by atoms with Crippen LogP contribution < -0.4 is 5.32 Å². The summed E-state index contributed by atoms with van der Waals surface area (Å²) in [7, 11) is 0. The summed E-state index contributed by atoms with van der Waals surface area (Å²) in [5.74, 6) is -9.82. The summed E-state index contributed by atoms with van der Waals surface area (Å²) < 4.78 is 65.7. The van der Waals surface area contributed by atoms with E-state index in [2.05, 4.69) is 5.32 Å². The van der Waals surface area contributed by atoms with Crippen molar-refractivity contribution in [1.29, 1.82) is 0 Å². The molecule has 2 rings (SSSR count). The molecule has 2 aromatic rings. The van der Waals surface area contributed by atoms with Crippen molar-refractivity contribution in [3.05, 3.63) is 64.5 Å². The Bertz CT molecular complexity index is 625. The van der Waals surface area contributed by atoms with Crippen molar-refractivity contribution < 1.29 is 22.0 Å². The minimum atomic E-state index is -2.17. The fourth-order valence-corrected chi connectivity index (χ4v) is 1.75. The zero-order valence-corrected chi connectivity index (χ0v) is 10.4. The second-order valence-electron chi connectivity index (χ2n) is 4.22. The van der Waals surface area contributed by atoms with Gasteiger partial charge in [-0.05, 0) is 18.1 Å². The Morgan fingerprint density at radius 3 is 1.85 bits per heavy atom. The van der Waals surface area contributed by atoms with Crippen LogP contribution in [-0.2, 0) is 6.54 Å². The van der Waals surface area contributed by atoms with Crippen molar-refractivity contribution in [3.63, 3.8) is 0 Å². The third-order valence-corrected chi connectivity index (χ3v) is 2.93. The van der Waals surface area contributed by atoms with Crippen molar-refractivity contribution in [3.8, 4) is 0 Å². The molecular weight excluding hydrogens is 277 g/mol. The lowest BCUT2D eigenvalue weighted by Crippen LogP contribution is -2.10. The summed E-state index contributed by atoms with van der Waals surface area (Å²) >= 11 is 0. The molecule has 1 N–H and O–H groups in total. The number of aryl methyl sites for hydroxylation is 1. The molecule has 0 saturated heterocycles. The first kappa shape index (κ1) is 14.3. The van der Waals surface area contributed by atoms with Crippen LogP contribution in [0, 0.1) is 36.0 Å². The normalized spacial score (nSPS) is 10.7. The van der Waals surface area contributed by atoms with E-state index in [-0.39, 0.29) is 6.54 Å². The smallest absolute Gasteiger partial charge is 0.200 e. The lowest BCUT2D eigenvalue weighted by molar-refractivity contribution is 0.381. The third-order valence-electron chi connectivity index (χ3n) is 2.93. The molecule has 20 heavy (non-hydrogen) atoms. The first-order valence-electron chi connectivity index (χ1n) is 5.73. The van der Waals surface area contributed by atoms with Crippen LogP contribution >= 0.6 is 0 Å². The maximum absolute atomic E-state index is 13.4. The fraction of sp³-hybridized carbons (Fsp3) is 0.143. The van der Waals surface area contributed by atoms with Crippen LogP contribution in [-0.4, -0.2) is 0 Å². The van der Waals surface area contributed by atoms with E-state index >= 15 is 0 Å². The van der Waals surface area contributed by atoms with E-state index in [9.17, 15) is 22.0 Å². The van der Waals surface area contributed by atoms with Crippen LogP contribution in [0.5, 0.6) is 0 Å². The van der Waals surface area contributed by atoms with Gasteiger partial charge in [0.25, 0.3) is 0 Å². The largest absolute Gasteiger partial charge is 0.376 e. The lowest BCUT2D eigenvalue weighted by atomic mass is 10.1. The molecule has 0 aliphatic rings. The van der Waals surface area contributed by atoms with E-state index in [0.717, 1.165) is 5.56 Å². The zero-order valence-electron chi connectivity index (χ0n) is 10.4. The van der Waals surface area contributed by atoms with Gasteiger partial charge in [-0.15, -0.1) is 0 Å². The SMILES string of the molecule is Cc1ccccc1CNc1c(F)c(F)c(F)c(F)c1F. The molecule has 0 fully saturated rings. The maximum atomic E-state index is 13.4. The summed E-state index contributed by atoms with van der Waals surface area (Å²) in [6.07, 6.45) is 0. The second-order valence-corrected chi connectivity index (χ2v) is 4.22. The molecule has 106 valence electrons. The fourth-order valence-electron chi connectivity index (χ4n) is 1.75. The van der Waals surface area contributed by atoms with Gasteiger partial charge in [-0.2, -0.15) is 0 Å². The number of halogens is 5. The van der Waals surface area contributed by atoms with Crippen molar-refractivity contribution in [2.24, 2.45) is 0 Å². The highest BCUT2D eigenvalue weighted by molar-refractivity contribution is 5.48. The van der Waals surface area contributed by atoms with Crippen LogP contribution in [0.25, 0.3) is 0 Å². The number of hydrogen-bond donors (Lipinski definition) is 1. The van der Waals surface area contributed by atoms with Gasteiger partial charge in [-0.1, -0.05) is 24.3 Å². The molecule has 6 heteroatoms. The van der Waals surface area contributed by atoms with Gasteiger partial charge >= 0.3 is 0 Å². The molecule has 0 unspecified atom stereocenters. The predicted molar refractivity (Wildman–Crippen MR) is 64.7 cm³/mol. The molecule has 0 aliphatic carbocycles. The van der Waals surface area contributed by atoms with Gasteiger partial charge < -0.3 is 5.32 Å². The summed E-state index contributed by atoms with van der Waals surface area (Å²) in [4.78, 5) is 0. The molecule has 0 saturated carbocycles. The van der Waals surface area contributed by atoms with Gasteiger partial charge in [-0.25, -0.2) is 22.0 Å². The number of nitrogens with one attached hydrogen (secondary N) is 1. The first-order chi connectivity index (χ1) is 9.43. The van der Waals surface area contributed by atoms with Gasteiger partial charge in [0.15, 0.2) is 23.3 Å². The van der Waals surface area contributed by atoms with Gasteiger partial charge in [0, 0.05) is 6.54 Å². The number of anilines is 1. The minimum Gasteiger partial charge on any atom is -0.376 e.